The van der Waals surface area contributed by atoms with Crippen molar-refractivity contribution >= 4 is 27.9 Å². The lowest BCUT2D eigenvalue weighted by Gasteiger charge is -2.37. The van der Waals surface area contributed by atoms with Crippen molar-refractivity contribution in [2.24, 2.45) is 5.16 Å². The van der Waals surface area contributed by atoms with Crippen LogP contribution in [0.25, 0.3) is 0 Å². The number of nitrogens with one attached hydrogen (secondary N) is 1. The molecule has 0 amide bonds. The maximum Gasteiger partial charge on any atom is 0.219 e. The predicted octanol–water partition coefficient (Wildman–Crippen LogP) is 3.83. The van der Waals surface area contributed by atoms with Crippen LogP contribution in [-0.2, 0) is 16.7 Å². The van der Waals surface area contributed by atoms with Gasteiger partial charge in [0.05, 0.1) is 5.56 Å². The van der Waals surface area contributed by atoms with Gasteiger partial charge in [-0.25, -0.2) is 4.98 Å². The van der Waals surface area contributed by atoms with Crippen molar-refractivity contribution < 1.29 is 9.57 Å². The van der Waals surface area contributed by atoms with Crippen LogP contribution >= 0.6 is 11.3 Å². The topological polar surface area (TPSA) is 125 Å². The molecule has 2 aromatic rings. The highest BCUT2D eigenvalue weighted by Gasteiger charge is 2.47. The molecule has 11 heteroatoms. The van der Waals surface area contributed by atoms with Crippen LogP contribution in [0.5, 0.6) is 5.88 Å². The molecule has 0 saturated carbocycles. The molecule has 0 spiro atoms. The molecule has 6 atom stereocenters. The Morgan fingerprint density at radius 3 is 2.76 bits per heavy atom. The summed E-state index contributed by atoms with van der Waals surface area (Å²) in [7, 11) is 2.17. The molecule has 3 aliphatic heterocycles. The number of aryl methyl sites for hydroxylation is 1. The van der Waals surface area contributed by atoms with Gasteiger partial charge in [0.2, 0.25) is 5.88 Å². The Morgan fingerprint density at radius 1 is 1.27 bits per heavy atom. The first kappa shape index (κ1) is 28.2. The lowest BCUT2D eigenvalue weighted by atomic mass is 9.68. The number of rotatable bonds is 6. The molecule has 2 fully saturated rings. The fourth-order valence-electron chi connectivity index (χ4n) is 7.38. The van der Waals surface area contributed by atoms with Gasteiger partial charge in [0.25, 0.3) is 0 Å². The fraction of sp³-hybridized carbons (Fsp3) is 0.667. The van der Waals surface area contributed by atoms with E-state index in [4.69, 9.17) is 25.3 Å². The number of nitrogens with two attached hydrogens (primary N) is 1. The van der Waals surface area contributed by atoms with Gasteiger partial charge in [-0.1, -0.05) is 12.1 Å². The molecule has 3 N–H and O–H groups in total. The molecule has 10 nitrogen and oxygen atoms in total. The van der Waals surface area contributed by atoms with E-state index in [-0.39, 0.29) is 17.6 Å². The lowest BCUT2D eigenvalue weighted by molar-refractivity contribution is 0.0211. The van der Waals surface area contributed by atoms with Crippen LogP contribution < -0.4 is 20.7 Å². The normalized spacial score (nSPS) is 30.8. The highest BCUT2D eigenvalue weighted by Crippen LogP contribution is 2.49. The third-order valence-corrected chi connectivity index (χ3v) is 10.5. The second-order valence-corrected chi connectivity index (χ2v) is 13.8. The van der Waals surface area contributed by atoms with Crippen LogP contribution in [0, 0.1) is 11.3 Å². The number of likely N-dealkylation sites (N-methyl/N-ethyl adjacent to an activating group) is 1. The second-order valence-electron chi connectivity index (χ2n) is 12.6. The van der Waals surface area contributed by atoms with Gasteiger partial charge < -0.3 is 25.5 Å². The molecule has 1 unspecified atom stereocenters. The lowest BCUT2D eigenvalue weighted by Crippen LogP contribution is -2.54. The number of anilines is 2. The first-order valence-corrected chi connectivity index (χ1v) is 15.8. The van der Waals surface area contributed by atoms with Gasteiger partial charge in [0.15, 0.2) is 5.82 Å². The Kier molecular flexibility index (Phi) is 7.59. The van der Waals surface area contributed by atoms with Crippen molar-refractivity contribution in [3.8, 4) is 11.9 Å². The van der Waals surface area contributed by atoms with Crippen molar-refractivity contribution in [1.82, 2.24) is 20.2 Å². The molecule has 0 aromatic carbocycles. The standard InChI is InChI=1S/C30H42N8O2S/c1-17-15-38(16-18(2)33-17)25-13-26(39-19(3)22-8-7-11-37(22)5)35-29(34-25)21-12-24(40-36-21)30(4)10-6-9-23-27(30)20(14-31)28(32)41-23/h13,17-19,22,24,33H,6-12,15-16,32H2,1-5H3/t17-,18+,19-,22-,24?,30+/m0/s1. The Morgan fingerprint density at radius 2 is 2.05 bits per heavy atom. The first-order valence-electron chi connectivity index (χ1n) is 15.0. The molecule has 0 bridgehead atoms. The zero-order valence-electron chi connectivity index (χ0n) is 24.8. The summed E-state index contributed by atoms with van der Waals surface area (Å²) >= 11 is 1.54. The minimum atomic E-state index is -0.361. The maximum absolute atomic E-state index is 9.92. The van der Waals surface area contributed by atoms with Crippen molar-refractivity contribution in [3.63, 3.8) is 0 Å². The van der Waals surface area contributed by atoms with E-state index in [1.165, 1.54) is 11.3 Å². The van der Waals surface area contributed by atoms with Crippen LogP contribution in [-0.4, -0.2) is 77.6 Å². The summed E-state index contributed by atoms with van der Waals surface area (Å²) in [5, 5.41) is 18.7. The predicted molar refractivity (Wildman–Crippen MR) is 162 cm³/mol. The number of aromatic nitrogens is 2. The van der Waals surface area contributed by atoms with Crippen molar-refractivity contribution in [1.29, 1.82) is 5.26 Å². The molecule has 220 valence electrons. The monoisotopic (exact) mass is 578 g/mol. The Hall–Kier alpha value is -2.94. The minimum Gasteiger partial charge on any atom is -0.473 e. The largest absolute Gasteiger partial charge is 0.473 e. The summed E-state index contributed by atoms with van der Waals surface area (Å²) < 4.78 is 6.52. The Bertz CT molecular complexity index is 1360. The number of hydrogen-bond acceptors (Lipinski definition) is 11. The van der Waals surface area contributed by atoms with Gasteiger partial charge in [-0.3, -0.25) is 4.90 Å². The van der Waals surface area contributed by atoms with E-state index in [2.05, 4.69) is 61.1 Å². The quantitative estimate of drug-likeness (QED) is 0.526. The number of oxime groups is 1. The maximum atomic E-state index is 9.92. The molecule has 2 saturated heterocycles. The second kappa shape index (κ2) is 11.0. The number of nitrogen functional groups attached to an aromatic ring is 1. The van der Waals surface area contributed by atoms with E-state index >= 15 is 0 Å². The highest BCUT2D eigenvalue weighted by molar-refractivity contribution is 7.16. The van der Waals surface area contributed by atoms with Gasteiger partial charge in [-0.05, 0) is 72.0 Å². The van der Waals surface area contributed by atoms with Crippen molar-refractivity contribution in [2.75, 3.05) is 37.3 Å². The van der Waals surface area contributed by atoms with Gasteiger partial charge in [-0.2, -0.15) is 10.2 Å². The first-order chi connectivity index (χ1) is 19.7. The third-order valence-electron chi connectivity index (χ3n) is 9.42. The van der Waals surface area contributed by atoms with E-state index in [1.807, 2.05) is 6.07 Å². The van der Waals surface area contributed by atoms with E-state index < -0.39 is 0 Å². The number of nitriles is 1. The zero-order chi connectivity index (χ0) is 28.9. The van der Waals surface area contributed by atoms with E-state index in [0.29, 0.717) is 46.8 Å². The summed E-state index contributed by atoms with van der Waals surface area (Å²) in [4.78, 5) is 22.0. The van der Waals surface area contributed by atoms with E-state index in [0.717, 1.165) is 62.4 Å². The number of hydrogen-bond donors (Lipinski definition) is 2. The van der Waals surface area contributed by atoms with Gasteiger partial charge in [-0.15, -0.1) is 11.3 Å². The SMILES string of the molecule is C[C@@H]1CN(c2cc(O[C@@H](C)[C@@H]3CCCN3C)nc(C3=NOC([C@@]4(C)CCCc5sc(N)c(C#N)c54)C3)n2)C[C@H](C)N1. The van der Waals surface area contributed by atoms with Crippen molar-refractivity contribution in [2.45, 2.75) is 102 Å². The number of piperazine rings is 1. The summed E-state index contributed by atoms with van der Waals surface area (Å²) in [6.07, 6.45) is 5.54. The molecule has 1 aliphatic carbocycles. The molecule has 6 rings (SSSR count). The average molecular weight is 579 g/mol. The Balaban J connectivity index is 1.30. The number of fused-ring (bicyclic) bond motifs is 1. The number of likely N-dealkylation sites (tertiary alicyclic amines) is 1. The van der Waals surface area contributed by atoms with Crippen LogP contribution in [0.3, 0.4) is 0 Å². The summed E-state index contributed by atoms with van der Waals surface area (Å²) in [5.41, 5.74) is 8.28. The van der Waals surface area contributed by atoms with Gasteiger partial charge >= 0.3 is 0 Å². The number of thiophene rings is 1. The molecular formula is C30H42N8O2S. The summed E-state index contributed by atoms with van der Waals surface area (Å²) in [6.45, 7) is 11.5. The molecule has 4 aliphatic rings. The third kappa shape index (κ3) is 5.26. The number of ether oxygens (including phenoxy) is 1. The smallest absolute Gasteiger partial charge is 0.219 e. The minimum absolute atomic E-state index is 0.00140. The molecule has 5 heterocycles. The van der Waals surface area contributed by atoms with Gasteiger partial charge in [0.1, 0.15) is 34.8 Å². The average Bonchev–Trinajstić information content (AvgIpc) is 3.67. The Labute approximate surface area is 246 Å². The van der Waals surface area contributed by atoms with E-state index in [9.17, 15) is 5.26 Å². The molecule has 0 radical (unpaired) electrons. The van der Waals surface area contributed by atoms with E-state index in [1.54, 1.807) is 11.3 Å². The molecule has 41 heavy (non-hydrogen) atoms. The van der Waals surface area contributed by atoms with Crippen LogP contribution in [0.4, 0.5) is 10.8 Å². The zero-order valence-corrected chi connectivity index (χ0v) is 25.6. The fourth-order valence-corrected chi connectivity index (χ4v) is 8.58. The number of nitrogens with zero attached hydrogens (tertiary/aromatic N) is 6. The van der Waals surface area contributed by atoms with Gasteiger partial charge in [0, 0.05) is 54.0 Å². The molecule has 2 aromatic heterocycles. The van der Waals surface area contributed by atoms with Crippen molar-refractivity contribution in [3.05, 3.63) is 27.9 Å². The van der Waals surface area contributed by atoms with Crippen LogP contribution in [0.1, 0.15) is 81.6 Å². The highest BCUT2D eigenvalue weighted by atomic mass is 32.1. The molecular weight excluding hydrogens is 536 g/mol. The van der Waals surface area contributed by atoms with Crippen LogP contribution in [0.2, 0.25) is 0 Å². The summed E-state index contributed by atoms with van der Waals surface area (Å²) in [5.74, 6) is 1.98. The van der Waals surface area contributed by atoms with Crippen LogP contribution in [0.15, 0.2) is 11.2 Å². The summed E-state index contributed by atoms with van der Waals surface area (Å²) in [6, 6.07) is 5.40.